The lowest BCUT2D eigenvalue weighted by atomic mass is 9.66. The van der Waals surface area contributed by atoms with Crippen molar-refractivity contribution in [3.8, 4) is 0 Å². The van der Waals surface area contributed by atoms with Crippen LogP contribution in [-0.2, 0) is 14.8 Å². The Morgan fingerprint density at radius 3 is 2.45 bits per heavy atom. The van der Waals surface area contributed by atoms with Crippen molar-refractivity contribution >= 4 is 33.3 Å². The van der Waals surface area contributed by atoms with Gasteiger partial charge in [0.1, 0.15) is 5.82 Å². The van der Waals surface area contributed by atoms with E-state index in [-0.39, 0.29) is 18.3 Å². The maximum Gasteiger partial charge on any atom is 0.243 e. The van der Waals surface area contributed by atoms with Gasteiger partial charge in [0.25, 0.3) is 0 Å². The SMILES string of the molecule is COCC12CC(C=N)C(=Nc3ccc(F)cc3)C=C1CCN(S(=O)(=O)c1ccc(N3CCCCC3)cc1)C2. The van der Waals surface area contributed by atoms with Crippen molar-refractivity contribution in [2.24, 2.45) is 16.3 Å². The number of halogens is 1. The maximum atomic E-state index is 13.7. The molecule has 0 radical (unpaired) electrons. The van der Waals surface area contributed by atoms with Gasteiger partial charge in [0.15, 0.2) is 0 Å². The van der Waals surface area contributed by atoms with Crippen molar-refractivity contribution in [1.29, 1.82) is 5.41 Å². The molecule has 202 valence electrons. The van der Waals surface area contributed by atoms with Crippen LogP contribution in [-0.4, -0.2) is 64.5 Å². The van der Waals surface area contributed by atoms with Crippen molar-refractivity contribution in [2.75, 3.05) is 44.8 Å². The Hall–Kier alpha value is -2.88. The highest BCUT2D eigenvalue weighted by molar-refractivity contribution is 7.89. The van der Waals surface area contributed by atoms with Gasteiger partial charge < -0.3 is 15.0 Å². The lowest BCUT2D eigenvalue weighted by Crippen LogP contribution is -2.52. The van der Waals surface area contributed by atoms with Crippen LogP contribution in [0.5, 0.6) is 0 Å². The molecule has 9 heteroatoms. The molecule has 3 aliphatic rings. The van der Waals surface area contributed by atoms with E-state index in [0.717, 1.165) is 30.1 Å². The first kappa shape index (κ1) is 26.7. The van der Waals surface area contributed by atoms with Crippen molar-refractivity contribution in [3.05, 3.63) is 66.0 Å². The molecule has 2 aliphatic heterocycles. The lowest BCUT2D eigenvalue weighted by Gasteiger charge is -2.47. The van der Waals surface area contributed by atoms with Crippen LogP contribution in [0.1, 0.15) is 32.1 Å². The molecule has 0 spiro atoms. The Morgan fingerprint density at radius 2 is 1.79 bits per heavy atom. The first-order chi connectivity index (χ1) is 18.3. The number of nitrogens with one attached hydrogen (secondary N) is 1. The molecule has 0 saturated carbocycles. The van der Waals surface area contributed by atoms with Gasteiger partial charge in [-0.1, -0.05) is 5.57 Å². The van der Waals surface area contributed by atoms with E-state index in [9.17, 15) is 12.8 Å². The predicted molar refractivity (Wildman–Crippen MR) is 149 cm³/mol. The molecule has 2 aromatic carbocycles. The van der Waals surface area contributed by atoms with E-state index in [1.54, 1.807) is 35.7 Å². The largest absolute Gasteiger partial charge is 0.384 e. The van der Waals surface area contributed by atoms with Crippen molar-refractivity contribution in [3.63, 3.8) is 0 Å². The molecule has 2 heterocycles. The molecule has 38 heavy (non-hydrogen) atoms. The summed E-state index contributed by atoms with van der Waals surface area (Å²) in [5.74, 6) is -0.626. The molecule has 7 nitrogen and oxygen atoms in total. The fourth-order valence-corrected chi connectivity index (χ4v) is 7.52. The van der Waals surface area contributed by atoms with Crippen LogP contribution in [0.4, 0.5) is 15.8 Å². The Kier molecular flexibility index (Phi) is 7.79. The predicted octanol–water partition coefficient (Wildman–Crippen LogP) is 5.21. The normalized spacial score (nSPS) is 25.6. The number of benzene rings is 2. The summed E-state index contributed by atoms with van der Waals surface area (Å²) >= 11 is 0. The van der Waals surface area contributed by atoms with Gasteiger partial charge in [0, 0.05) is 62.2 Å². The summed E-state index contributed by atoms with van der Waals surface area (Å²) in [6, 6.07) is 13.3. The number of aliphatic imine (C=N–C) groups is 1. The van der Waals surface area contributed by atoms with Gasteiger partial charge in [0.05, 0.1) is 17.2 Å². The van der Waals surface area contributed by atoms with E-state index in [4.69, 9.17) is 15.1 Å². The molecule has 2 saturated heterocycles. The monoisotopic (exact) mass is 538 g/mol. The number of allylic oxidation sites excluding steroid dienone is 1. The molecule has 5 rings (SSSR count). The molecule has 2 atom stereocenters. The maximum absolute atomic E-state index is 13.7. The van der Waals surface area contributed by atoms with E-state index in [1.807, 2.05) is 18.2 Å². The fraction of sp³-hybridized carbons (Fsp3) is 0.448. The Bertz CT molecular complexity index is 1320. The van der Waals surface area contributed by atoms with Gasteiger partial charge in [-0.3, -0.25) is 4.99 Å². The van der Waals surface area contributed by atoms with Crippen molar-refractivity contribution in [1.82, 2.24) is 4.31 Å². The van der Waals surface area contributed by atoms with E-state index in [1.165, 1.54) is 37.6 Å². The zero-order valence-electron chi connectivity index (χ0n) is 21.8. The van der Waals surface area contributed by atoms with Crippen LogP contribution >= 0.6 is 0 Å². The van der Waals surface area contributed by atoms with Crippen LogP contribution in [0.25, 0.3) is 0 Å². The highest BCUT2D eigenvalue weighted by Crippen LogP contribution is 2.46. The van der Waals surface area contributed by atoms with E-state index in [2.05, 4.69) is 4.90 Å². The summed E-state index contributed by atoms with van der Waals surface area (Å²) in [5.41, 5.74) is 2.97. The fourth-order valence-electron chi connectivity index (χ4n) is 5.99. The van der Waals surface area contributed by atoms with Crippen LogP contribution in [0.2, 0.25) is 0 Å². The third kappa shape index (κ3) is 5.32. The van der Waals surface area contributed by atoms with E-state index >= 15 is 0 Å². The molecule has 0 bridgehead atoms. The first-order valence-corrected chi connectivity index (χ1v) is 14.7. The van der Waals surface area contributed by atoms with Crippen LogP contribution in [0.3, 0.4) is 0 Å². The second-order valence-corrected chi connectivity index (χ2v) is 12.4. The average Bonchev–Trinajstić information content (AvgIpc) is 2.94. The standard InChI is InChI=1S/C29H35FN4O3S/c1-37-21-29-18-22(19-31)28(32-25-7-5-24(30)6-8-25)17-23(29)13-16-34(20-29)38(35,36)27-11-9-26(10-12-27)33-14-3-2-4-15-33/h5-12,17,19,22,31H,2-4,13-16,18,20-21H2,1H3. The number of ether oxygens (including phenoxy) is 1. The Balaban J connectivity index is 1.41. The van der Waals surface area contributed by atoms with Gasteiger partial charge in [-0.25, -0.2) is 12.8 Å². The molecule has 2 fully saturated rings. The minimum Gasteiger partial charge on any atom is -0.384 e. The summed E-state index contributed by atoms with van der Waals surface area (Å²) < 4.78 is 48.0. The Morgan fingerprint density at radius 1 is 1.08 bits per heavy atom. The molecule has 2 unspecified atom stereocenters. The summed E-state index contributed by atoms with van der Waals surface area (Å²) in [7, 11) is -2.07. The second-order valence-electron chi connectivity index (χ2n) is 10.5. The number of methoxy groups -OCH3 is 1. The van der Waals surface area contributed by atoms with E-state index < -0.39 is 15.4 Å². The van der Waals surface area contributed by atoms with Gasteiger partial charge >= 0.3 is 0 Å². The molecule has 0 aromatic heterocycles. The summed E-state index contributed by atoms with van der Waals surface area (Å²) in [5, 5.41) is 8.09. The summed E-state index contributed by atoms with van der Waals surface area (Å²) in [6.45, 7) is 3.03. The van der Waals surface area contributed by atoms with Gasteiger partial charge in [-0.2, -0.15) is 4.31 Å². The topological polar surface area (TPSA) is 86.1 Å². The minimum absolute atomic E-state index is 0.289. The number of fused-ring (bicyclic) bond motifs is 1. The first-order valence-electron chi connectivity index (χ1n) is 13.2. The zero-order valence-corrected chi connectivity index (χ0v) is 22.6. The highest BCUT2D eigenvalue weighted by Gasteiger charge is 2.47. The van der Waals surface area contributed by atoms with Crippen LogP contribution in [0.15, 0.2) is 70.1 Å². The number of anilines is 1. The second kappa shape index (κ2) is 11.1. The summed E-state index contributed by atoms with van der Waals surface area (Å²) in [4.78, 5) is 7.32. The molecular formula is C29H35FN4O3S. The van der Waals surface area contributed by atoms with Crippen LogP contribution < -0.4 is 4.90 Å². The van der Waals surface area contributed by atoms with Crippen LogP contribution in [0, 0.1) is 22.6 Å². The minimum atomic E-state index is -3.70. The third-order valence-electron chi connectivity index (χ3n) is 8.01. The lowest BCUT2D eigenvalue weighted by molar-refractivity contribution is 0.0636. The number of hydrogen-bond acceptors (Lipinski definition) is 6. The summed E-state index contributed by atoms with van der Waals surface area (Å²) in [6.07, 6.45) is 8.02. The number of piperidine rings is 2. The van der Waals surface area contributed by atoms with Gasteiger partial charge in [-0.15, -0.1) is 0 Å². The molecular weight excluding hydrogens is 503 g/mol. The van der Waals surface area contributed by atoms with Gasteiger partial charge in [0.2, 0.25) is 10.0 Å². The van der Waals surface area contributed by atoms with Crippen molar-refractivity contribution in [2.45, 2.75) is 37.0 Å². The molecule has 1 aliphatic carbocycles. The quantitative estimate of drug-likeness (QED) is 0.491. The number of nitrogens with zero attached hydrogens (tertiary/aromatic N) is 3. The molecule has 1 N–H and O–H groups in total. The Labute approximate surface area is 224 Å². The zero-order chi connectivity index (χ0) is 26.8. The van der Waals surface area contributed by atoms with Gasteiger partial charge in [-0.05, 0) is 86.7 Å². The number of hydrogen-bond donors (Lipinski definition) is 1. The van der Waals surface area contributed by atoms with Crippen molar-refractivity contribution < 1.29 is 17.5 Å². The van der Waals surface area contributed by atoms with E-state index in [0.29, 0.717) is 36.6 Å². The highest BCUT2D eigenvalue weighted by atomic mass is 32.2. The smallest absolute Gasteiger partial charge is 0.243 e. The third-order valence-corrected chi connectivity index (χ3v) is 9.87. The molecule has 2 aromatic rings. The number of rotatable bonds is 7. The molecule has 0 amide bonds. The number of sulfonamides is 1. The average molecular weight is 539 g/mol.